The highest BCUT2D eigenvalue weighted by Crippen LogP contribution is 2.26. The van der Waals surface area contributed by atoms with Crippen LogP contribution in [0.2, 0.25) is 0 Å². The van der Waals surface area contributed by atoms with E-state index in [0.717, 1.165) is 11.1 Å². The number of esters is 1. The van der Waals surface area contributed by atoms with E-state index in [1.807, 2.05) is 54.6 Å². The highest BCUT2D eigenvalue weighted by molar-refractivity contribution is 5.69. The van der Waals surface area contributed by atoms with E-state index in [2.05, 4.69) is 0 Å². The lowest BCUT2D eigenvalue weighted by Crippen LogP contribution is -2.10. The SMILES string of the molecule is CCOC(=O)CCC(OCc1ccccc1)c1cccc(N)c1. The van der Waals surface area contributed by atoms with Gasteiger partial charge < -0.3 is 15.2 Å². The molecule has 2 N–H and O–H groups in total. The fourth-order valence-corrected chi connectivity index (χ4v) is 2.36. The zero-order valence-corrected chi connectivity index (χ0v) is 13.4. The minimum absolute atomic E-state index is 0.192. The minimum atomic E-state index is -0.204. The van der Waals surface area contributed by atoms with E-state index in [1.165, 1.54) is 0 Å². The zero-order valence-electron chi connectivity index (χ0n) is 13.4. The molecule has 4 nitrogen and oxygen atoms in total. The topological polar surface area (TPSA) is 61.5 Å². The van der Waals surface area contributed by atoms with Crippen LogP contribution in [0.25, 0.3) is 0 Å². The van der Waals surface area contributed by atoms with Crippen LogP contribution in [0.15, 0.2) is 54.6 Å². The lowest BCUT2D eigenvalue weighted by Gasteiger charge is -2.18. The van der Waals surface area contributed by atoms with Crippen LogP contribution in [0, 0.1) is 0 Å². The lowest BCUT2D eigenvalue weighted by atomic mass is 10.0. The standard InChI is InChI=1S/C19H23NO3/c1-2-22-19(21)12-11-18(16-9-6-10-17(20)13-16)23-14-15-7-4-3-5-8-15/h3-10,13,18H,2,11-12,14,20H2,1H3. The molecule has 2 rings (SSSR count). The number of hydrogen-bond acceptors (Lipinski definition) is 4. The van der Waals surface area contributed by atoms with Crippen molar-refractivity contribution in [2.45, 2.75) is 32.5 Å². The van der Waals surface area contributed by atoms with E-state index in [-0.39, 0.29) is 12.1 Å². The molecule has 122 valence electrons. The Morgan fingerprint density at radius 3 is 2.61 bits per heavy atom. The monoisotopic (exact) mass is 313 g/mol. The van der Waals surface area contributed by atoms with Gasteiger partial charge in [-0.3, -0.25) is 4.79 Å². The summed E-state index contributed by atoms with van der Waals surface area (Å²) in [5.41, 5.74) is 8.62. The first-order valence-electron chi connectivity index (χ1n) is 7.85. The van der Waals surface area contributed by atoms with Crippen molar-refractivity contribution in [3.63, 3.8) is 0 Å². The molecule has 2 aromatic carbocycles. The molecule has 2 aromatic rings. The second-order valence-corrected chi connectivity index (χ2v) is 5.30. The maximum atomic E-state index is 11.6. The average Bonchev–Trinajstić information content (AvgIpc) is 2.56. The van der Waals surface area contributed by atoms with Crippen molar-refractivity contribution in [3.05, 3.63) is 65.7 Å². The molecule has 0 amide bonds. The van der Waals surface area contributed by atoms with Crippen molar-refractivity contribution in [2.24, 2.45) is 0 Å². The van der Waals surface area contributed by atoms with E-state index >= 15 is 0 Å². The van der Waals surface area contributed by atoms with Gasteiger partial charge in [-0.15, -0.1) is 0 Å². The number of benzene rings is 2. The van der Waals surface area contributed by atoms with Gasteiger partial charge in [-0.2, -0.15) is 0 Å². The third kappa shape index (κ3) is 5.75. The predicted octanol–water partition coefficient (Wildman–Crippen LogP) is 3.87. The smallest absolute Gasteiger partial charge is 0.305 e. The number of anilines is 1. The van der Waals surface area contributed by atoms with Crippen LogP contribution < -0.4 is 5.73 Å². The molecule has 1 unspecified atom stereocenters. The highest BCUT2D eigenvalue weighted by Gasteiger charge is 2.15. The predicted molar refractivity (Wildman–Crippen MR) is 90.7 cm³/mol. The van der Waals surface area contributed by atoms with E-state index in [1.54, 1.807) is 6.92 Å². The first-order valence-corrected chi connectivity index (χ1v) is 7.85. The first-order chi connectivity index (χ1) is 11.2. The summed E-state index contributed by atoms with van der Waals surface area (Å²) in [6, 6.07) is 17.6. The average molecular weight is 313 g/mol. The molecule has 0 radical (unpaired) electrons. The molecule has 0 fully saturated rings. The van der Waals surface area contributed by atoms with Crippen LogP contribution in [0.1, 0.15) is 37.0 Å². The Hall–Kier alpha value is -2.33. The summed E-state index contributed by atoms with van der Waals surface area (Å²) in [4.78, 5) is 11.6. The molecule has 4 heteroatoms. The van der Waals surface area contributed by atoms with Gasteiger partial charge in [-0.05, 0) is 36.6 Å². The summed E-state index contributed by atoms with van der Waals surface area (Å²) in [5.74, 6) is -0.204. The van der Waals surface area contributed by atoms with Gasteiger partial charge in [0.05, 0.1) is 19.3 Å². The van der Waals surface area contributed by atoms with E-state index in [9.17, 15) is 4.79 Å². The van der Waals surface area contributed by atoms with Crippen molar-refractivity contribution in [1.82, 2.24) is 0 Å². The first kappa shape index (κ1) is 17.0. The molecule has 0 aliphatic heterocycles. The Bertz CT molecular complexity index is 613. The summed E-state index contributed by atoms with van der Waals surface area (Å²) in [6.45, 7) is 2.69. The van der Waals surface area contributed by atoms with Crippen LogP contribution in [0.3, 0.4) is 0 Å². The van der Waals surface area contributed by atoms with Gasteiger partial charge in [0.15, 0.2) is 0 Å². The number of nitrogens with two attached hydrogens (primary N) is 1. The number of nitrogen functional groups attached to an aromatic ring is 1. The van der Waals surface area contributed by atoms with E-state index in [4.69, 9.17) is 15.2 Å². The minimum Gasteiger partial charge on any atom is -0.466 e. The van der Waals surface area contributed by atoms with Crippen molar-refractivity contribution in [3.8, 4) is 0 Å². The summed E-state index contributed by atoms with van der Waals surface area (Å²) in [6.07, 6.45) is 0.695. The molecule has 0 aromatic heterocycles. The Labute approximate surface area is 137 Å². The Balaban J connectivity index is 2.03. The molecule has 1 atom stereocenters. The molecule has 0 bridgehead atoms. The third-order valence-electron chi connectivity index (χ3n) is 3.49. The molecule has 0 heterocycles. The van der Waals surface area contributed by atoms with Crippen LogP contribution in [0.5, 0.6) is 0 Å². The Morgan fingerprint density at radius 2 is 1.91 bits per heavy atom. The normalized spacial score (nSPS) is 11.9. The van der Waals surface area contributed by atoms with Gasteiger partial charge in [0.1, 0.15) is 0 Å². The molecule has 0 spiro atoms. The maximum Gasteiger partial charge on any atom is 0.305 e. The molecule has 0 aliphatic carbocycles. The summed E-state index contributed by atoms with van der Waals surface area (Å²) in [7, 11) is 0. The molecule has 0 saturated carbocycles. The van der Waals surface area contributed by atoms with E-state index < -0.39 is 0 Å². The van der Waals surface area contributed by atoms with Crippen LogP contribution in [-0.2, 0) is 20.9 Å². The number of carbonyl (C=O) groups excluding carboxylic acids is 1. The summed E-state index contributed by atoms with van der Waals surface area (Å²) >= 11 is 0. The number of rotatable bonds is 8. The Morgan fingerprint density at radius 1 is 1.13 bits per heavy atom. The van der Waals surface area contributed by atoms with Crippen LogP contribution >= 0.6 is 0 Å². The van der Waals surface area contributed by atoms with Crippen molar-refractivity contribution >= 4 is 11.7 Å². The number of ether oxygens (including phenoxy) is 2. The fourth-order valence-electron chi connectivity index (χ4n) is 2.36. The van der Waals surface area contributed by atoms with Crippen LogP contribution in [-0.4, -0.2) is 12.6 Å². The van der Waals surface area contributed by atoms with Gasteiger partial charge in [0.2, 0.25) is 0 Å². The molecule has 23 heavy (non-hydrogen) atoms. The van der Waals surface area contributed by atoms with Gasteiger partial charge in [-0.25, -0.2) is 0 Å². The number of carbonyl (C=O) groups is 1. The third-order valence-corrected chi connectivity index (χ3v) is 3.49. The Kier molecular flexibility index (Phi) is 6.63. The van der Waals surface area contributed by atoms with Crippen molar-refractivity contribution < 1.29 is 14.3 Å². The summed E-state index contributed by atoms with van der Waals surface area (Å²) in [5, 5.41) is 0. The second kappa shape index (κ2) is 8.96. The number of hydrogen-bond donors (Lipinski definition) is 1. The van der Waals surface area contributed by atoms with E-state index in [0.29, 0.717) is 31.7 Å². The highest BCUT2D eigenvalue weighted by atomic mass is 16.5. The lowest BCUT2D eigenvalue weighted by molar-refractivity contribution is -0.144. The molecule has 0 saturated heterocycles. The van der Waals surface area contributed by atoms with Gasteiger partial charge in [0.25, 0.3) is 0 Å². The molecule has 0 aliphatic rings. The summed E-state index contributed by atoms with van der Waals surface area (Å²) < 4.78 is 11.0. The molecular weight excluding hydrogens is 290 g/mol. The second-order valence-electron chi connectivity index (χ2n) is 5.30. The fraction of sp³-hybridized carbons (Fsp3) is 0.316. The molecular formula is C19H23NO3. The zero-order chi connectivity index (χ0) is 16.5. The largest absolute Gasteiger partial charge is 0.466 e. The van der Waals surface area contributed by atoms with Crippen molar-refractivity contribution in [2.75, 3.05) is 12.3 Å². The van der Waals surface area contributed by atoms with Gasteiger partial charge >= 0.3 is 5.97 Å². The quantitative estimate of drug-likeness (QED) is 0.593. The maximum absolute atomic E-state index is 11.6. The van der Waals surface area contributed by atoms with Gasteiger partial charge in [-0.1, -0.05) is 42.5 Å². The van der Waals surface area contributed by atoms with Gasteiger partial charge in [0, 0.05) is 12.1 Å². The van der Waals surface area contributed by atoms with Crippen molar-refractivity contribution in [1.29, 1.82) is 0 Å². The van der Waals surface area contributed by atoms with Crippen LogP contribution in [0.4, 0.5) is 5.69 Å².